The normalized spacial score (nSPS) is 29.8. The Labute approximate surface area is 89.1 Å². The van der Waals surface area contributed by atoms with Crippen molar-refractivity contribution >= 4 is 0 Å². The van der Waals surface area contributed by atoms with E-state index in [1.54, 1.807) is 0 Å². The van der Waals surface area contributed by atoms with E-state index in [-0.39, 0.29) is 0 Å². The minimum atomic E-state index is 0.726. The SMILES string of the molecule is CCC(C)N(CC)CC1NCCC1C. The zero-order valence-corrected chi connectivity index (χ0v) is 10.2. The highest BCUT2D eigenvalue weighted by Crippen LogP contribution is 2.16. The minimum absolute atomic E-state index is 0.726. The summed E-state index contributed by atoms with van der Waals surface area (Å²) in [5, 5.41) is 3.61. The Hall–Kier alpha value is -0.0800. The fourth-order valence-electron chi connectivity index (χ4n) is 2.27. The minimum Gasteiger partial charge on any atom is -0.312 e. The lowest BCUT2D eigenvalue weighted by Gasteiger charge is -2.31. The molecule has 0 amide bonds. The van der Waals surface area contributed by atoms with Crippen molar-refractivity contribution in [2.24, 2.45) is 5.92 Å². The van der Waals surface area contributed by atoms with Gasteiger partial charge in [0, 0.05) is 18.6 Å². The molecule has 0 spiro atoms. The van der Waals surface area contributed by atoms with Gasteiger partial charge in [-0.2, -0.15) is 0 Å². The van der Waals surface area contributed by atoms with E-state index in [1.807, 2.05) is 0 Å². The Kier molecular flexibility index (Phi) is 4.90. The maximum Gasteiger partial charge on any atom is 0.0221 e. The summed E-state index contributed by atoms with van der Waals surface area (Å²) >= 11 is 0. The third-order valence-electron chi connectivity index (χ3n) is 3.74. The van der Waals surface area contributed by atoms with Crippen LogP contribution in [0.15, 0.2) is 0 Å². The summed E-state index contributed by atoms with van der Waals surface area (Å²) in [5.74, 6) is 0.855. The van der Waals surface area contributed by atoms with Crippen molar-refractivity contribution in [1.82, 2.24) is 10.2 Å². The van der Waals surface area contributed by atoms with Gasteiger partial charge in [0.2, 0.25) is 0 Å². The van der Waals surface area contributed by atoms with Gasteiger partial charge in [0.25, 0.3) is 0 Å². The Morgan fingerprint density at radius 1 is 1.43 bits per heavy atom. The molecule has 1 rings (SSSR count). The first-order valence-electron chi connectivity index (χ1n) is 6.16. The smallest absolute Gasteiger partial charge is 0.0221 e. The van der Waals surface area contributed by atoms with Crippen LogP contribution in [0.3, 0.4) is 0 Å². The van der Waals surface area contributed by atoms with E-state index in [9.17, 15) is 0 Å². The van der Waals surface area contributed by atoms with Gasteiger partial charge >= 0.3 is 0 Å². The zero-order valence-electron chi connectivity index (χ0n) is 10.2. The van der Waals surface area contributed by atoms with Gasteiger partial charge in [0.15, 0.2) is 0 Å². The largest absolute Gasteiger partial charge is 0.312 e. The topological polar surface area (TPSA) is 15.3 Å². The van der Waals surface area contributed by atoms with Crippen LogP contribution >= 0.6 is 0 Å². The second kappa shape index (κ2) is 5.72. The monoisotopic (exact) mass is 198 g/mol. The molecule has 1 saturated heterocycles. The average molecular weight is 198 g/mol. The molecule has 84 valence electrons. The Bertz CT molecular complexity index is 158. The van der Waals surface area contributed by atoms with Gasteiger partial charge in [-0.1, -0.05) is 20.8 Å². The first-order chi connectivity index (χ1) is 6.69. The number of likely N-dealkylation sites (N-methyl/N-ethyl adjacent to an activating group) is 1. The van der Waals surface area contributed by atoms with E-state index < -0.39 is 0 Å². The van der Waals surface area contributed by atoms with Crippen molar-refractivity contribution in [3.8, 4) is 0 Å². The maximum atomic E-state index is 3.61. The molecule has 1 fully saturated rings. The van der Waals surface area contributed by atoms with Gasteiger partial charge in [-0.3, -0.25) is 4.90 Å². The number of nitrogens with zero attached hydrogens (tertiary/aromatic N) is 1. The van der Waals surface area contributed by atoms with Gasteiger partial charge in [-0.25, -0.2) is 0 Å². The van der Waals surface area contributed by atoms with Crippen molar-refractivity contribution in [2.45, 2.75) is 52.6 Å². The number of hydrogen-bond donors (Lipinski definition) is 1. The Morgan fingerprint density at radius 3 is 2.57 bits per heavy atom. The van der Waals surface area contributed by atoms with E-state index in [0.717, 1.165) is 18.0 Å². The van der Waals surface area contributed by atoms with Crippen molar-refractivity contribution in [2.75, 3.05) is 19.6 Å². The van der Waals surface area contributed by atoms with E-state index in [1.165, 1.54) is 32.5 Å². The molecule has 1 heterocycles. The summed E-state index contributed by atoms with van der Waals surface area (Å²) in [7, 11) is 0. The van der Waals surface area contributed by atoms with Crippen LogP contribution in [0.4, 0.5) is 0 Å². The maximum absolute atomic E-state index is 3.61. The van der Waals surface area contributed by atoms with Crippen LogP contribution in [0, 0.1) is 5.92 Å². The molecule has 3 atom stereocenters. The van der Waals surface area contributed by atoms with Crippen molar-refractivity contribution in [3.05, 3.63) is 0 Å². The highest BCUT2D eigenvalue weighted by Gasteiger charge is 2.25. The molecule has 0 aromatic heterocycles. The lowest BCUT2D eigenvalue weighted by Crippen LogP contribution is -2.43. The first-order valence-corrected chi connectivity index (χ1v) is 6.16. The highest BCUT2D eigenvalue weighted by molar-refractivity contribution is 4.84. The van der Waals surface area contributed by atoms with E-state index >= 15 is 0 Å². The molecule has 2 heteroatoms. The van der Waals surface area contributed by atoms with Crippen LogP contribution < -0.4 is 5.32 Å². The van der Waals surface area contributed by atoms with Crippen LogP contribution in [0.25, 0.3) is 0 Å². The van der Waals surface area contributed by atoms with Crippen LogP contribution in [-0.4, -0.2) is 36.6 Å². The van der Waals surface area contributed by atoms with Crippen LogP contribution in [-0.2, 0) is 0 Å². The van der Waals surface area contributed by atoms with Crippen molar-refractivity contribution in [1.29, 1.82) is 0 Å². The summed E-state index contributed by atoms with van der Waals surface area (Å²) in [5.41, 5.74) is 0. The van der Waals surface area contributed by atoms with Crippen LogP contribution in [0.1, 0.15) is 40.5 Å². The molecule has 1 N–H and O–H groups in total. The molecule has 1 aliphatic heterocycles. The predicted octanol–water partition coefficient (Wildman–Crippen LogP) is 2.10. The first kappa shape index (κ1) is 12.0. The molecular formula is C12H26N2. The third-order valence-corrected chi connectivity index (χ3v) is 3.74. The predicted molar refractivity (Wildman–Crippen MR) is 62.6 cm³/mol. The van der Waals surface area contributed by atoms with Crippen molar-refractivity contribution < 1.29 is 0 Å². The summed E-state index contributed by atoms with van der Waals surface area (Å²) in [6.45, 7) is 12.9. The molecule has 0 aromatic rings. The van der Waals surface area contributed by atoms with Gasteiger partial charge in [-0.15, -0.1) is 0 Å². The fraction of sp³-hybridized carbons (Fsp3) is 1.00. The quantitative estimate of drug-likeness (QED) is 0.728. The van der Waals surface area contributed by atoms with Crippen LogP contribution in [0.2, 0.25) is 0 Å². The van der Waals surface area contributed by atoms with E-state index in [2.05, 4.69) is 37.9 Å². The lowest BCUT2D eigenvalue weighted by molar-refractivity contribution is 0.185. The number of rotatable bonds is 5. The molecule has 0 aromatic carbocycles. The summed E-state index contributed by atoms with van der Waals surface area (Å²) in [4.78, 5) is 2.60. The van der Waals surface area contributed by atoms with Crippen molar-refractivity contribution in [3.63, 3.8) is 0 Å². The molecule has 1 aliphatic rings. The van der Waals surface area contributed by atoms with E-state index in [0.29, 0.717) is 0 Å². The molecule has 0 saturated carbocycles. The number of nitrogens with one attached hydrogen (secondary N) is 1. The Morgan fingerprint density at radius 2 is 2.14 bits per heavy atom. The summed E-state index contributed by atoms with van der Waals surface area (Å²) < 4.78 is 0. The van der Waals surface area contributed by atoms with Crippen LogP contribution in [0.5, 0.6) is 0 Å². The second-order valence-electron chi connectivity index (χ2n) is 4.67. The zero-order chi connectivity index (χ0) is 10.6. The number of hydrogen-bond acceptors (Lipinski definition) is 2. The second-order valence-corrected chi connectivity index (χ2v) is 4.67. The van der Waals surface area contributed by atoms with Gasteiger partial charge in [0.1, 0.15) is 0 Å². The molecule has 2 nitrogen and oxygen atoms in total. The lowest BCUT2D eigenvalue weighted by atomic mass is 10.0. The van der Waals surface area contributed by atoms with Gasteiger partial charge < -0.3 is 5.32 Å². The molecule has 3 unspecified atom stereocenters. The highest BCUT2D eigenvalue weighted by atomic mass is 15.2. The standard InChI is InChI=1S/C12H26N2/c1-5-11(4)14(6-2)9-12-10(3)7-8-13-12/h10-13H,5-9H2,1-4H3. The third kappa shape index (κ3) is 2.96. The molecule has 0 bridgehead atoms. The van der Waals surface area contributed by atoms with E-state index in [4.69, 9.17) is 0 Å². The average Bonchev–Trinajstić information content (AvgIpc) is 2.59. The summed E-state index contributed by atoms with van der Waals surface area (Å²) in [6, 6.07) is 1.46. The molecule has 0 aliphatic carbocycles. The Balaban J connectivity index is 2.39. The molecular weight excluding hydrogens is 172 g/mol. The molecule has 14 heavy (non-hydrogen) atoms. The molecule has 0 radical (unpaired) electrons. The van der Waals surface area contributed by atoms with Gasteiger partial charge in [0.05, 0.1) is 0 Å². The fourth-order valence-corrected chi connectivity index (χ4v) is 2.27. The van der Waals surface area contributed by atoms with Gasteiger partial charge in [-0.05, 0) is 38.8 Å². The summed E-state index contributed by atoms with van der Waals surface area (Å²) in [6.07, 6.45) is 2.61.